The van der Waals surface area contributed by atoms with Crippen molar-refractivity contribution in [3.8, 4) is 5.75 Å². The van der Waals surface area contributed by atoms with Crippen molar-refractivity contribution in [2.24, 2.45) is 17.3 Å². The zero-order chi connectivity index (χ0) is 13.4. The number of hydrogen-bond acceptors (Lipinski definition) is 2. The Balaban J connectivity index is 1.31. The molecule has 3 aliphatic rings. The van der Waals surface area contributed by atoms with Gasteiger partial charge in [-0.15, -0.1) is 0 Å². The van der Waals surface area contributed by atoms with Gasteiger partial charge in [0.1, 0.15) is 5.75 Å². The number of rotatable bonds is 7. The van der Waals surface area contributed by atoms with Crippen LogP contribution in [0.25, 0.3) is 0 Å². The zero-order valence-electron chi connectivity index (χ0n) is 12.2. The van der Waals surface area contributed by atoms with E-state index >= 15 is 0 Å². The Hall–Kier alpha value is -1.02. The summed E-state index contributed by atoms with van der Waals surface area (Å²) in [7, 11) is 0. The fraction of sp³-hybridized carbons (Fsp3) is 0.667. The first-order valence-electron chi connectivity index (χ1n) is 8.24. The monoisotopic (exact) mass is 271 g/mol. The molecule has 3 fully saturated rings. The molecule has 0 aliphatic heterocycles. The highest BCUT2D eigenvalue weighted by Gasteiger charge is 2.53. The molecule has 0 aromatic heterocycles. The van der Waals surface area contributed by atoms with Gasteiger partial charge >= 0.3 is 0 Å². The molecule has 0 saturated heterocycles. The van der Waals surface area contributed by atoms with Crippen molar-refractivity contribution in [3.63, 3.8) is 0 Å². The summed E-state index contributed by atoms with van der Waals surface area (Å²) in [5.41, 5.74) is 0.533. The highest BCUT2D eigenvalue weighted by molar-refractivity contribution is 5.20. The fourth-order valence-corrected chi connectivity index (χ4v) is 3.99. The highest BCUT2D eigenvalue weighted by atomic mass is 16.5. The lowest BCUT2D eigenvalue weighted by Crippen LogP contribution is -2.35. The van der Waals surface area contributed by atoms with Crippen LogP contribution in [0.3, 0.4) is 0 Å². The molecule has 1 aromatic carbocycles. The Kier molecular flexibility index (Phi) is 3.22. The molecular weight excluding hydrogens is 246 g/mol. The third-order valence-electron chi connectivity index (χ3n) is 5.45. The number of para-hydroxylation sites is 1. The first-order chi connectivity index (χ1) is 9.83. The van der Waals surface area contributed by atoms with Gasteiger partial charge in [0, 0.05) is 12.6 Å². The van der Waals surface area contributed by atoms with Gasteiger partial charge < -0.3 is 10.1 Å². The molecule has 0 spiro atoms. The number of fused-ring (bicyclic) bond motifs is 1. The molecule has 2 atom stereocenters. The molecule has 2 nitrogen and oxygen atoms in total. The summed E-state index contributed by atoms with van der Waals surface area (Å²) in [5, 5.41) is 3.77. The van der Waals surface area contributed by atoms with E-state index in [0.717, 1.165) is 30.2 Å². The van der Waals surface area contributed by atoms with Crippen LogP contribution in [0.2, 0.25) is 0 Å². The second-order valence-electron chi connectivity index (χ2n) is 7.23. The van der Waals surface area contributed by atoms with Crippen LogP contribution in [-0.4, -0.2) is 19.2 Å². The summed E-state index contributed by atoms with van der Waals surface area (Å²) in [6, 6.07) is 11.1. The average Bonchev–Trinajstić information content (AvgIpc) is 3.39. The maximum Gasteiger partial charge on any atom is 0.119 e. The van der Waals surface area contributed by atoms with Crippen LogP contribution < -0.4 is 10.1 Å². The largest absolute Gasteiger partial charge is 0.494 e. The maximum absolute atomic E-state index is 5.94. The zero-order valence-corrected chi connectivity index (χ0v) is 12.2. The normalized spacial score (nSPS) is 34.8. The predicted octanol–water partition coefficient (Wildman–Crippen LogP) is 3.62. The van der Waals surface area contributed by atoms with E-state index in [1.165, 1.54) is 45.1 Å². The summed E-state index contributed by atoms with van der Waals surface area (Å²) < 4.78 is 5.94. The van der Waals surface area contributed by atoms with Crippen molar-refractivity contribution in [3.05, 3.63) is 30.3 Å². The summed E-state index contributed by atoms with van der Waals surface area (Å²) in [5.74, 6) is 3.11. The third kappa shape index (κ3) is 2.85. The maximum atomic E-state index is 5.94. The van der Waals surface area contributed by atoms with Gasteiger partial charge in [-0.2, -0.15) is 0 Å². The van der Waals surface area contributed by atoms with Crippen molar-refractivity contribution in [2.45, 2.75) is 44.6 Å². The minimum absolute atomic E-state index is 0.533. The summed E-state index contributed by atoms with van der Waals surface area (Å²) >= 11 is 0. The molecule has 3 saturated carbocycles. The predicted molar refractivity (Wildman–Crippen MR) is 80.8 cm³/mol. The molecule has 2 heteroatoms. The van der Waals surface area contributed by atoms with Gasteiger partial charge in [0.25, 0.3) is 0 Å². The van der Waals surface area contributed by atoms with Crippen molar-refractivity contribution in [1.82, 2.24) is 5.32 Å². The smallest absolute Gasteiger partial charge is 0.119 e. The molecular formula is C18H25NO. The highest BCUT2D eigenvalue weighted by Crippen LogP contribution is 2.61. The van der Waals surface area contributed by atoms with E-state index in [-0.39, 0.29) is 0 Å². The second-order valence-corrected chi connectivity index (χ2v) is 7.23. The Labute approximate surface area is 121 Å². The van der Waals surface area contributed by atoms with Gasteiger partial charge in [-0.3, -0.25) is 0 Å². The SMILES string of the molecule is c1ccc(OCCC2(CNC3CC3)CC3CC3C2)cc1. The Morgan fingerprint density at radius 1 is 1.10 bits per heavy atom. The first kappa shape index (κ1) is 12.7. The van der Waals surface area contributed by atoms with Crippen LogP contribution in [0.5, 0.6) is 5.75 Å². The number of hydrogen-bond donors (Lipinski definition) is 1. The topological polar surface area (TPSA) is 21.3 Å². The number of nitrogens with one attached hydrogen (secondary N) is 1. The van der Waals surface area contributed by atoms with Crippen molar-refractivity contribution in [1.29, 1.82) is 0 Å². The van der Waals surface area contributed by atoms with Gasteiger partial charge in [0.15, 0.2) is 0 Å². The number of benzene rings is 1. The number of ether oxygens (including phenoxy) is 1. The Bertz CT molecular complexity index is 444. The first-order valence-corrected chi connectivity index (χ1v) is 8.24. The summed E-state index contributed by atoms with van der Waals surface area (Å²) in [6.07, 6.45) is 8.39. The van der Waals surface area contributed by atoms with Crippen molar-refractivity contribution < 1.29 is 4.74 Å². The van der Waals surface area contributed by atoms with Crippen molar-refractivity contribution >= 4 is 0 Å². The van der Waals surface area contributed by atoms with Gasteiger partial charge in [0.2, 0.25) is 0 Å². The lowest BCUT2D eigenvalue weighted by molar-refractivity contribution is 0.176. The fourth-order valence-electron chi connectivity index (χ4n) is 3.99. The third-order valence-corrected chi connectivity index (χ3v) is 5.45. The lowest BCUT2D eigenvalue weighted by Gasteiger charge is -2.31. The Morgan fingerprint density at radius 3 is 2.55 bits per heavy atom. The lowest BCUT2D eigenvalue weighted by atomic mass is 9.80. The molecule has 4 rings (SSSR count). The molecule has 108 valence electrons. The second kappa shape index (κ2) is 5.07. The molecule has 0 heterocycles. The molecule has 0 bridgehead atoms. The minimum Gasteiger partial charge on any atom is -0.494 e. The summed E-state index contributed by atoms with van der Waals surface area (Å²) in [6.45, 7) is 2.10. The van der Waals surface area contributed by atoms with E-state index in [0.29, 0.717) is 5.41 Å². The quantitative estimate of drug-likeness (QED) is 0.817. The van der Waals surface area contributed by atoms with E-state index in [1.54, 1.807) is 0 Å². The van der Waals surface area contributed by atoms with Gasteiger partial charge in [-0.05, 0) is 67.9 Å². The van der Waals surface area contributed by atoms with E-state index < -0.39 is 0 Å². The van der Waals surface area contributed by atoms with Crippen LogP contribution in [0.15, 0.2) is 30.3 Å². The molecule has 0 amide bonds. The van der Waals surface area contributed by atoms with Crippen LogP contribution in [0.4, 0.5) is 0 Å². The van der Waals surface area contributed by atoms with E-state index in [2.05, 4.69) is 17.4 Å². The van der Waals surface area contributed by atoms with E-state index in [1.807, 2.05) is 18.2 Å². The van der Waals surface area contributed by atoms with Gasteiger partial charge in [-0.25, -0.2) is 0 Å². The van der Waals surface area contributed by atoms with E-state index in [9.17, 15) is 0 Å². The molecule has 0 radical (unpaired) electrons. The van der Waals surface area contributed by atoms with Gasteiger partial charge in [-0.1, -0.05) is 18.2 Å². The van der Waals surface area contributed by atoms with Gasteiger partial charge in [0.05, 0.1) is 6.61 Å². The Morgan fingerprint density at radius 2 is 1.85 bits per heavy atom. The molecule has 1 N–H and O–H groups in total. The minimum atomic E-state index is 0.533. The molecule has 20 heavy (non-hydrogen) atoms. The van der Waals surface area contributed by atoms with E-state index in [4.69, 9.17) is 4.74 Å². The average molecular weight is 271 g/mol. The molecule has 3 aliphatic carbocycles. The van der Waals surface area contributed by atoms with Crippen LogP contribution in [0.1, 0.15) is 38.5 Å². The standard InChI is InChI=1S/C18H25NO/c1-2-4-17(5-3-1)20-9-8-18(13-19-16-6-7-16)11-14-10-15(14)12-18/h1-5,14-16,19H,6-13H2. The van der Waals surface area contributed by atoms with Crippen LogP contribution >= 0.6 is 0 Å². The molecule has 2 unspecified atom stereocenters. The molecule has 1 aromatic rings. The van der Waals surface area contributed by atoms with Crippen LogP contribution in [0, 0.1) is 17.3 Å². The summed E-state index contributed by atoms with van der Waals surface area (Å²) in [4.78, 5) is 0. The van der Waals surface area contributed by atoms with Crippen LogP contribution in [-0.2, 0) is 0 Å². The van der Waals surface area contributed by atoms with Crippen molar-refractivity contribution in [2.75, 3.05) is 13.2 Å².